The van der Waals surface area contributed by atoms with Gasteiger partial charge >= 0.3 is 5.69 Å². The standard InChI is InChI=1S/C12H14BrClN2O/c1-12(2,3)10(14)6-4-8-9(5-7(6)13)16-11(17)15-8/h4-5,10H,1-3H3,(H2,15,16,17). The van der Waals surface area contributed by atoms with Crippen LogP contribution in [0.2, 0.25) is 0 Å². The monoisotopic (exact) mass is 316 g/mol. The third-order valence-electron chi connectivity index (χ3n) is 2.67. The van der Waals surface area contributed by atoms with E-state index in [-0.39, 0.29) is 16.5 Å². The van der Waals surface area contributed by atoms with Crippen LogP contribution in [-0.2, 0) is 0 Å². The van der Waals surface area contributed by atoms with Gasteiger partial charge in [-0.2, -0.15) is 0 Å². The molecule has 0 aliphatic heterocycles. The molecule has 0 aliphatic carbocycles. The number of rotatable bonds is 1. The van der Waals surface area contributed by atoms with Crippen molar-refractivity contribution in [3.05, 3.63) is 32.7 Å². The van der Waals surface area contributed by atoms with E-state index in [1.807, 2.05) is 12.1 Å². The SMILES string of the molecule is CC(C)(C)C(Cl)c1cc2[nH]c(=O)[nH]c2cc1Br. The number of aromatic amines is 2. The van der Waals surface area contributed by atoms with E-state index in [1.54, 1.807) is 0 Å². The number of aromatic nitrogens is 2. The van der Waals surface area contributed by atoms with Crippen molar-refractivity contribution in [2.75, 3.05) is 0 Å². The molecule has 0 spiro atoms. The van der Waals surface area contributed by atoms with Crippen LogP contribution in [0, 0.1) is 5.41 Å². The van der Waals surface area contributed by atoms with Crippen LogP contribution in [0.15, 0.2) is 21.4 Å². The minimum atomic E-state index is -0.203. The van der Waals surface area contributed by atoms with Crippen LogP contribution in [0.3, 0.4) is 0 Å². The molecular formula is C12H14BrClN2O. The van der Waals surface area contributed by atoms with Crippen LogP contribution < -0.4 is 5.69 Å². The average molecular weight is 318 g/mol. The van der Waals surface area contributed by atoms with Crippen molar-refractivity contribution >= 4 is 38.6 Å². The highest BCUT2D eigenvalue weighted by Crippen LogP contribution is 2.42. The van der Waals surface area contributed by atoms with Gasteiger partial charge in [0.1, 0.15) is 0 Å². The smallest absolute Gasteiger partial charge is 0.306 e. The summed E-state index contributed by atoms with van der Waals surface area (Å²) in [7, 11) is 0. The number of nitrogens with one attached hydrogen (secondary N) is 2. The largest absolute Gasteiger partial charge is 0.323 e. The van der Waals surface area contributed by atoms with Crippen molar-refractivity contribution in [1.29, 1.82) is 0 Å². The van der Waals surface area contributed by atoms with E-state index in [2.05, 4.69) is 46.7 Å². The number of imidazole rings is 1. The van der Waals surface area contributed by atoms with Gasteiger partial charge in [0, 0.05) is 4.47 Å². The van der Waals surface area contributed by atoms with E-state index in [1.165, 1.54) is 0 Å². The minimum absolute atomic E-state index is 0.0473. The number of hydrogen-bond acceptors (Lipinski definition) is 1. The highest BCUT2D eigenvalue weighted by molar-refractivity contribution is 9.10. The lowest BCUT2D eigenvalue weighted by atomic mass is 9.87. The van der Waals surface area contributed by atoms with E-state index in [9.17, 15) is 4.79 Å². The van der Waals surface area contributed by atoms with Crippen LogP contribution in [0.1, 0.15) is 31.7 Å². The van der Waals surface area contributed by atoms with Crippen LogP contribution in [0.5, 0.6) is 0 Å². The van der Waals surface area contributed by atoms with Gasteiger partial charge < -0.3 is 9.97 Å². The Kier molecular flexibility index (Phi) is 3.12. The normalized spacial score (nSPS) is 14.2. The van der Waals surface area contributed by atoms with E-state index < -0.39 is 0 Å². The summed E-state index contributed by atoms with van der Waals surface area (Å²) in [5, 5.41) is -0.125. The first-order chi connectivity index (χ1) is 7.79. The molecule has 0 saturated heterocycles. The number of benzene rings is 1. The van der Waals surface area contributed by atoms with Gasteiger partial charge in [-0.25, -0.2) is 4.79 Å². The lowest BCUT2D eigenvalue weighted by Gasteiger charge is -2.26. The van der Waals surface area contributed by atoms with Crippen LogP contribution in [0.25, 0.3) is 11.0 Å². The first kappa shape index (κ1) is 12.7. The summed E-state index contributed by atoms with van der Waals surface area (Å²) in [6.07, 6.45) is 0. The predicted molar refractivity (Wildman–Crippen MR) is 74.7 cm³/mol. The summed E-state index contributed by atoms with van der Waals surface area (Å²) in [4.78, 5) is 16.7. The molecule has 0 fully saturated rings. The molecule has 0 bridgehead atoms. The Balaban J connectivity index is 2.61. The van der Waals surface area contributed by atoms with Crippen LogP contribution in [-0.4, -0.2) is 9.97 Å². The molecule has 0 amide bonds. The van der Waals surface area contributed by atoms with E-state index in [0.717, 1.165) is 21.1 Å². The molecule has 2 N–H and O–H groups in total. The fraction of sp³-hybridized carbons (Fsp3) is 0.417. The minimum Gasteiger partial charge on any atom is -0.306 e. The fourth-order valence-corrected chi connectivity index (χ4v) is 2.62. The highest BCUT2D eigenvalue weighted by atomic mass is 79.9. The van der Waals surface area contributed by atoms with Crippen molar-refractivity contribution in [3.8, 4) is 0 Å². The van der Waals surface area contributed by atoms with E-state index in [0.29, 0.717) is 0 Å². The summed E-state index contributed by atoms with van der Waals surface area (Å²) in [5.41, 5.74) is 2.30. The summed E-state index contributed by atoms with van der Waals surface area (Å²) in [6.45, 7) is 6.25. The number of hydrogen-bond donors (Lipinski definition) is 2. The molecule has 5 heteroatoms. The molecule has 0 radical (unpaired) electrons. The average Bonchev–Trinajstić information content (AvgIpc) is 2.53. The van der Waals surface area contributed by atoms with Crippen LogP contribution >= 0.6 is 27.5 Å². The predicted octanol–water partition coefficient (Wildman–Crippen LogP) is 3.94. The molecule has 1 atom stereocenters. The second-order valence-corrected chi connectivity index (χ2v) is 6.52. The zero-order valence-corrected chi connectivity index (χ0v) is 12.2. The zero-order valence-electron chi connectivity index (χ0n) is 9.90. The number of halogens is 2. The molecule has 1 aromatic heterocycles. The number of fused-ring (bicyclic) bond motifs is 1. The van der Waals surface area contributed by atoms with Gasteiger partial charge in [-0.3, -0.25) is 0 Å². The Bertz CT molecular complexity index is 609. The molecule has 3 nitrogen and oxygen atoms in total. The molecule has 17 heavy (non-hydrogen) atoms. The fourth-order valence-electron chi connectivity index (χ4n) is 1.73. The molecule has 2 aromatic rings. The maximum absolute atomic E-state index is 11.2. The molecule has 1 unspecified atom stereocenters. The summed E-state index contributed by atoms with van der Waals surface area (Å²) < 4.78 is 0.912. The van der Waals surface area contributed by atoms with E-state index in [4.69, 9.17) is 11.6 Å². The van der Waals surface area contributed by atoms with Crippen LogP contribution in [0.4, 0.5) is 0 Å². The number of H-pyrrole nitrogens is 2. The third kappa shape index (κ3) is 2.43. The lowest BCUT2D eigenvalue weighted by molar-refractivity contribution is 0.395. The topological polar surface area (TPSA) is 48.6 Å². The van der Waals surface area contributed by atoms with E-state index >= 15 is 0 Å². The Morgan fingerprint density at radius 2 is 1.76 bits per heavy atom. The first-order valence-corrected chi connectivity index (χ1v) is 6.57. The maximum Gasteiger partial charge on any atom is 0.323 e. The van der Waals surface area contributed by atoms with Gasteiger partial charge in [-0.15, -0.1) is 11.6 Å². The maximum atomic E-state index is 11.2. The van der Waals surface area contributed by atoms with Gasteiger partial charge in [-0.1, -0.05) is 36.7 Å². The molecular weight excluding hydrogens is 304 g/mol. The Labute approximate surface area is 113 Å². The van der Waals surface area contributed by atoms with Gasteiger partial charge in [0.15, 0.2) is 0 Å². The molecule has 1 aromatic carbocycles. The van der Waals surface area contributed by atoms with Gasteiger partial charge in [0.25, 0.3) is 0 Å². The molecule has 0 aliphatic rings. The van der Waals surface area contributed by atoms with Crippen molar-refractivity contribution in [3.63, 3.8) is 0 Å². The van der Waals surface area contributed by atoms with Gasteiger partial charge in [0.2, 0.25) is 0 Å². The van der Waals surface area contributed by atoms with Gasteiger partial charge in [0.05, 0.1) is 16.4 Å². The Morgan fingerprint density at radius 1 is 1.24 bits per heavy atom. The third-order valence-corrected chi connectivity index (χ3v) is 4.24. The Hall–Kier alpha value is -0.740. The van der Waals surface area contributed by atoms with Crippen molar-refractivity contribution < 1.29 is 0 Å². The molecule has 0 saturated carbocycles. The number of alkyl halides is 1. The van der Waals surface area contributed by atoms with Crippen molar-refractivity contribution in [2.24, 2.45) is 5.41 Å². The quantitative estimate of drug-likeness (QED) is 0.769. The van der Waals surface area contributed by atoms with Crippen molar-refractivity contribution in [2.45, 2.75) is 26.1 Å². The van der Waals surface area contributed by atoms with Gasteiger partial charge in [-0.05, 0) is 23.1 Å². The van der Waals surface area contributed by atoms with Crippen molar-refractivity contribution in [1.82, 2.24) is 9.97 Å². The lowest BCUT2D eigenvalue weighted by Crippen LogP contribution is -2.13. The molecule has 1 heterocycles. The summed E-state index contributed by atoms with van der Waals surface area (Å²) in [6, 6.07) is 3.80. The summed E-state index contributed by atoms with van der Waals surface area (Å²) in [5.74, 6) is 0. The summed E-state index contributed by atoms with van der Waals surface area (Å²) >= 11 is 9.96. The Morgan fingerprint density at radius 3 is 2.29 bits per heavy atom. The second kappa shape index (κ2) is 4.18. The first-order valence-electron chi connectivity index (χ1n) is 5.34. The highest BCUT2D eigenvalue weighted by Gasteiger charge is 2.26. The zero-order chi connectivity index (χ0) is 12.8. The second-order valence-electron chi connectivity index (χ2n) is 5.23. The molecule has 92 valence electrons. The molecule has 2 rings (SSSR count).